The summed E-state index contributed by atoms with van der Waals surface area (Å²) in [7, 11) is 0. The fourth-order valence-corrected chi connectivity index (χ4v) is 5.19. The molecule has 38 heavy (non-hydrogen) atoms. The lowest BCUT2D eigenvalue weighted by Gasteiger charge is -2.33. The van der Waals surface area contributed by atoms with Crippen LogP contribution >= 0.6 is 11.6 Å². The molecule has 0 spiro atoms. The Morgan fingerprint density at radius 2 is 1.63 bits per heavy atom. The van der Waals surface area contributed by atoms with Crippen LogP contribution in [0.4, 0.5) is 0 Å². The van der Waals surface area contributed by atoms with Crippen LogP contribution in [0.25, 0.3) is 0 Å². The number of hydrogen-bond acceptors (Lipinski definition) is 3. The number of hydrogen-bond donors (Lipinski definition) is 1. The number of ether oxygens (including phenoxy) is 1. The van der Waals surface area contributed by atoms with Crippen molar-refractivity contribution in [3.8, 4) is 5.75 Å². The maximum Gasteiger partial charge on any atom is 0.261 e. The number of amides is 2. The van der Waals surface area contributed by atoms with E-state index in [1.807, 2.05) is 72.8 Å². The van der Waals surface area contributed by atoms with Crippen molar-refractivity contribution in [3.63, 3.8) is 0 Å². The Morgan fingerprint density at radius 3 is 2.32 bits per heavy atom. The molecule has 3 aromatic rings. The van der Waals surface area contributed by atoms with E-state index in [0.717, 1.165) is 43.2 Å². The highest BCUT2D eigenvalue weighted by molar-refractivity contribution is 6.30. The quantitative estimate of drug-likeness (QED) is 0.312. The van der Waals surface area contributed by atoms with Gasteiger partial charge in [0.2, 0.25) is 5.91 Å². The van der Waals surface area contributed by atoms with Crippen LogP contribution in [0, 0.1) is 0 Å². The average molecular weight is 533 g/mol. The molecule has 1 saturated carbocycles. The van der Waals surface area contributed by atoms with Gasteiger partial charge in [0.25, 0.3) is 5.91 Å². The molecule has 0 aromatic heterocycles. The minimum atomic E-state index is -0.683. The monoisotopic (exact) mass is 532 g/mol. The highest BCUT2D eigenvalue weighted by atomic mass is 35.5. The summed E-state index contributed by atoms with van der Waals surface area (Å²) in [5.41, 5.74) is 3.06. The molecular weight excluding hydrogens is 496 g/mol. The Labute approximate surface area is 231 Å². The number of benzene rings is 3. The van der Waals surface area contributed by atoms with E-state index in [4.69, 9.17) is 16.3 Å². The second-order valence-electron chi connectivity index (χ2n) is 9.99. The molecule has 1 aliphatic rings. The minimum absolute atomic E-state index is 0.122. The molecule has 1 atom stereocenters. The van der Waals surface area contributed by atoms with Gasteiger partial charge in [-0.25, -0.2) is 0 Å². The standard InChI is InChI=1S/C32H37ClN2O3/c1-2-24-16-18-29(19-17-24)38-23-31(36)35(22-26-12-9-13-27(33)20-26)30(21-25-10-5-3-6-11-25)32(37)34-28-14-7-4-8-15-28/h3,5-6,9-13,16-20,28,30H,2,4,7-8,14-15,21-23H2,1H3,(H,34,37). The van der Waals surface area contributed by atoms with Gasteiger partial charge in [0.05, 0.1) is 0 Å². The second kappa shape index (κ2) is 14.0. The van der Waals surface area contributed by atoms with Crippen LogP contribution in [0.2, 0.25) is 5.02 Å². The molecule has 0 heterocycles. The minimum Gasteiger partial charge on any atom is -0.484 e. The summed E-state index contributed by atoms with van der Waals surface area (Å²) in [5.74, 6) is 0.261. The lowest BCUT2D eigenvalue weighted by Crippen LogP contribution is -2.53. The Bertz CT molecular complexity index is 1180. The molecule has 4 rings (SSSR count). The van der Waals surface area contributed by atoms with E-state index in [2.05, 4.69) is 12.2 Å². The summed E-state index contributed by atoms with van der Waals surface area (Å²) in [6, 6.07) is 24.5. The highest BCUT2D eigenvalue weighted by Gasteiger charge is 2.32. The van der Waals surface area contributed by atoms with Crippen molar-refractivity contribution in [2.75, 3.05) is 6.61 Å². The Balaban J connectivity index is 1.59. The van der Waals surface area contributed by atoms with Gasteiger partial charge >= 0.3 is 0 Å². The lowest BCUT2D eigenvalue weighted by atomic mass is 9.94. The highest BCUT2D eigenvalue weighted by Crippen LogP contribution is 2.21. The van der Waals surface area contributed by atoms with Crippen molar-refractivity contribution in [3.05, 3.63) is 101 Å². The van der Waals surface area contributed by atoms with Gasteiger partial charge in [-0.2, -0.15) is 0 Å². The third-order valence-corrected chi connectivity index (χ3v) is 7.39. The summed E-state index contributed by atoms with van der Waals surface area (Å²) in [6.45, 7) is 2.19. The van der Waals surface area contributed by atoms with Gasteiger partial charge in [0, 0.05) is 24.0 Å². The van der Waals surface area contributed by atoms with Crippen molar-refractivity contribution < 1.29 is 14.3 Å². The number of aryl methyl sites for hydroxylation is 1. The zero-order valence-corrected chi connectivity index (χ0v) is 22.8. The predicted octanol–water partition coefficient (Wildman–Crippen LogP) is 6.37. The van der Waals surface area contributed by atoms with Gasteiger partial charge in [0.1, 0.15) is 11.8 Å². The van der Waals surface area contributed by atoms with Crippen molar-refractivity contribution in [1.82, 2.24) is 10.2 Å². The van der Waals surface area contributed by atoms with E-state index in [1.165, 1.54) is 12.0 Å². The molecule has 0 bridgehead atoms. The van der Waals surface area contributed by atoms with E-state index >= 15 is 0 Å². The van der Waals surface area contributed by atoms with Gasteiger partial charge in [-0.15, -0.1) is 0 Å². The number of nitrogens with one attached hydrogen (secondary N) is 1. The van der Waals surface area contributed by atoms with E-state index < -0.39 is 6.04 Å². The fraction of sp³-hybridized carbons (Fsp3) is 0.375. The number of carbonyl (C=O) groups is 2. The summed E-state index contributed by atoms with van der Waals surface area (Å²) < 4.78 is 5.89. The van der Waals surface area contributed by atoms with Crippen LogP contribution in [-0.4, -0.2) is 35.4 Å². The van der Waals surface area contributed by atoms with E-state index in [1.54, 1.807) is 11.0 Å². The smallest absolute Gasteiger partial charge is 0.261 e. The fourth-order valence-electron chi connectivity index (χ4n) is 4.98. The van der Waals surface area contributed by atoms with Crippen LogP contribution in [0.1, 0.15) is 55.7 Å². The second-order valence-corrected chi connectivity index (χ2v) is 10.4. The molecule has 0 saturated heterocycles. The number of nitrogens with zero attached hydrogens (tertiary/aromatic N) is 1. The van der Waals surface area contributed by atoms with E-state index in [0.29, 0.717) is 17.2 Å². The molecule has 3 aromatic carbocycles. The molecule has 2 amide bonds. The van der Waals surface area contributed by atoms with Gasteiger partial charge in [-0.05, 0) is 60.2 Å². The van der Waals surface area contributed by atoms with Gasteiger partial charge < -0.3 is 15.0 Å². The van der Waals surface area contributed by atoms with Crippen molar-refractivity contribution in [2.24, 2.45) is 0 Å². The molecule has 1 unspecified atom stereocenters. The molecule has 5 nitrogen and oxygen atoms in total. The Hall–Kier alpha value is -3.31. The van der Waals surface area contributed by atoms with Crippen LogP contribution in [-0.2, 0) is 29.0 Å². The first kappa shape index (κ1) is 27.7. The maximum absolute atomic E-state index is 13.8. The zero-order chi connectivity index (χ0) is 26.7. The first-order valence-corrected chi connectivity index (χ1v) is 14.0. The van der Waals surface area contributed by atoms with Crippen molar-refractivity contribution in [1.29, 1.82) is 0 Å². The summed E-state index contributed by atoms with van der Waals surface area (Å²) in [5, 5.41) is 3.85. The normalized spacial score (nSPS) is 14.5. The third-order valence-electron chi connectivity index (χ3n) is 7.16. The third kappa shape index (κ3) is 8.09. The largest absolute Gasteiger partial charge is 0.484 e. The number of carbonyl (C=O) groups excluding carboxylic acids is 2. The predicted molar refractivity (Wildman–Crippen MR) is 152 cm³/mol. The molecule has 1 aliphatic carbocycles. The Kier molecular flexibility index (Phi) is 10.2. The molecule has 6 heteroatoms. The van der Waals surface area contributed by atoms with E-state index in [9.17, 15) is 9.59 Å². The summed E-state index contributed by atoms with van der Waals surface area (Å²) in [4.78, 5) is 29.2. The van der Waals surface area contributed by atoms with Crippen molar-refractivity contribution >= 4 is 23.4 Å². The Morgan fingerprint density at radius 1 is 0.921 bits per heavy atom. The van der Waals surface area contributed by atoms with Crippen LogP contribution in [0.15, 0.2) is 78.9 Å². The van der Waals surface area contributed by atoms with Crippen molar-refractivity contribution in [2.45, 2.75) is 70.5 Å². The zero-order valence-electron chi connectivity index (χ0n) is 22.1. The van der Waals surface area contributed by atoms with Gasteiger partial charge in [-0.3, -0.25) is 9.59 Å². The van der Waals surface area contributed by atoms with Gasteiger partial charge in [-0.1, -0.05) is 92.4 Å². The first-order valence-electron chi connectivity index (χ1n) is 13.6. The molecule has 200 valence electrons. The molecule has 1 N–H and O–H groups in total. The van der Waals surface area contributed by atoms with Crippen LogP contribution in [0.5, 0.6) is 5.75 Å². The average Bonchev–Trinajstić information content (AvgIpc) is 2.95. The maximum atomic E-state index is 13.8. The van der Waals surface area contributed by atoms with Crippen LogP contribution < -0.4 is 10.1 Å². The molecule has 1 fully saturated rings. The summed E-state index contributed by atoms with van der Waals surface area (Å²) in [6.07, 6.45) is 6.73. The molecule has 0 radical (unpaired) electrons. The van der Waals surface area contributed by atoms with E-state index in [-0.39, 0.29) is 31.0 Å². The molecular formula is C32H37ClN2O3. The number of halogens is 1. The topological polar surface area (TPSA) is 58.6 Å². The first-order chi connectivity index (χ1) is 18.5. The summed E-state index contributed by atoms with van der Waals surface area (Å²) >= 11 is 6.27. The molecule has 0 aliphatic heterocycles. The SMILES string of the molecule is CCc1ccc(OCC(=O)N(Cc2cccc(Cl)c2)C(Cc2ccccc2)C(=O)NC2CCCCC2)cc1. The van der Waals surface area contributed by atoms with Gasteiger partial charge in [0.15, 0.2) is 6.61 Å². The number of rotatable bonds is 11. The van der Waals surface area contributed by atoms with Crippen LogP contribution in [0.3, 0.4) is 0 Å². The lowest BCUT2D eigenvalue weighted by molar-refractivity contribution is -0.143.